The van der Waals surface area contributed by atoms with Crippen molar-refractivity contribution < 1.29 is 0 Å². The van der Waals surface area contributed by atoms with Gasteiger partial charge in [-0.3, -0.25) is 4.40 Å². The number of imidazole rings is 1. The number of aromatic nitrogens is 2. The molecule has 0 fully saturated rings. The number of para-hydroxylation sites is 2. The molecule has 0 aliphatic heterocycles. The van der Waals surface area contributed by atoms with E-state index in [1.165, 1.54) is 0 Å². The molecule has 0 N–H and O–H groups in total. The van der Waals surface area contributed by atoms with Crippen LogP contribution >= 0.6 is 0 Å². The molecule has 0 radical (unpaired) electrons. The molecular weight excluding hydrogens is 500 g/mol. The molecular formula is C37H20N4. The van der Waals surface area contributed by atoms with E-state index in [0.717, 1.165) is 71.4 Å². The van der Waals surface area contributed by atoms with Crippen LogP contribution < -0.4 is 0 Å². The van der Waals surface area contributed by atoms with E-state index < -0.39 is 0 Å². The van der Waals surface area contributed by atoms with Crippen LogP contribution in [0.4, 0.5) is 5.69 Å². The van der Waals surface area contributed by atoms with Gasteiger partial charge in [0.15, 0.2) is 5.69 Å². The maximum absolute atomic E-state index is 9.19. The molecule has 0 bridgehead atoms. The van der Waals surface area contributed by atoms with Crippen LogP contribution in [0.5, 0.6) is 0 Å². The predicted octanol–water partition coefficient (Wildman–Crippen LogP) is 9.70. The summed E-state index contributed by atoms with van der Waals surface area (Å²) >= 11 is 0. The third-order valence-electron chi connectivity index (χ3n) is 7.98. The van der Waals surface area contributed by atoms with Crippen molar-refractivity contribution in [3.63, 3.8) is 0 Å². The fraction of sp³-hybridized carbons (Fsp3) is 0. The van der Waals surface area contributed by atoms with Crippen molar-refractivity contribution in [1.29, 1.82) is 5.26 Å². The maximum Gasteiger partial charge on any atom is 0.189 e. The Balaban J connectivity index is 1.27. The van der Waals surface area contributed by atoms with Gasteiger partial charge in [-0.1, -0.05) is 72.8 Å². The molecule has 2 heterocycles. The Morgan fingerprint density at radius 3 is 2.10 bits per heavy atom. The van der Waals surface area contributed by atoms with Crippen LogP contribution in [0, 0.1) is 17.9 Å². The van der Waals surface area contributed by atoms with Crippen molar-refractivity contribution >= 4 is 54.8 Å². The number of nitrogens with zero attached hydrogens (tertiary/aromatic N) is 4. The molecule has 8 rings (SSSR count). The first kappa shape index (κ1) is 23.0. The second-order valence-electron chi connectivity index (χ2n) is 10.3. The fourth-order valence-corrected chi connectivity index (χ4v) is 5.94. The first-order valence-corrected chi connectivity index (χ1v) is 13.4. The van der Waals surface area contributed by atoms with Gasteiger partial charge in [0, 0.05) is 16.3 Å². The second kappa shape index (κ2) is 8.78. The largest absolute Gasteiger partial charge is 0.293 e. The molecule has 8 aromatic rings. The smallest absolute Gasteiger partial charge is 0.189 e. The van der Waals surface area contributed by atoms with E-state index >= 15 is 0 Å². The normalized spacial score (nSPS) is 11.4. The standard InChI is InChI=1S/C37H20N4/c1-39-30-15-17-31-33-20-29(14-16-32(33)37-40-34-4-2-3-5-35(34)41(37)36(31)21-30)25-10-8-24(9-11-25)27-13-12-26-18-23(22-38)6-7-28(26)19-27/h2-21H. The highest BCUT2D eigenvalue weighted by Crippen LogP contribution is 2.37. The van der Waals surface area contributed by atoms with Gasteiger partial charge in [0.25, 0.3) is 0 Å². The van der Waals surface area contributed by atoms with Gasteiger partial charge in [-0.2, -0.15) is 5.26 Å². The van der Waals surface area contributed by atoms with Gasteiger partial charge in [-0.15, -0.1) is 0 Å². The molecule has 188 valence electrons. The van der Waals surface area contributed by atoms with E-state index in [2.05, 4.69) is 88.1 Å². The summed E-state index contributed by atoms with van der Waals surface area (Å²) in [5.41, 5.74) is 9.69. The van der Waals surface area contributed by atoms with Crippen LogP contribution in [0.15, 0.2) is 121 Å². The summed E-state index contributed by atoms with van der Waals surface area (Å²) in [4.78, 5) is 8.70. The van der Waals surface area contributed by atoms with Crippen LogP contribution in [-0.4, -0.2) is 9.38 Å². The van der Waals surface area contributed by atoms with Crippen molar-refractivity contribution in [3.05, 3.63) is 138 Å². The van der Waals surface area contributed by atoms with Gasteiger partial charge < -0.3 is 0 Å². The summed E-state index contributed by atoms with van der Waals surface area (Å²) in [6.07, 6.45) is 0. The molecule has 4 heteroatoms. The third-order valence-corrected chi connectivity index (χ3v) is 7.98. The molecule has 0 aliphatic rings. The number of pyridine rings is 1. The minimum absolute atomic E-state index is 0.613. The Morgan fingerprint density at radius 2 is 1.29 bits per heavy atom. The fourth-order valence-electron chi connectivity index (χ4n) is 5.94. The van der Waals surface area contributed by atoms with Crippen molar-refractivity contribution in [3.8, 4) is 28.3 Å². The molecule has 4 nitrogen and oxygen atoms in total. The average Bonchev–Trinajstić information content (AvgIpc) is 3.44. The van der Waals surface area contributed by atoms with E-state index in [9.17, 15) is 5.26 Å². The Kier molecular flexibility index (Phi) is 4.92. The highest BCUT2D eigenvalue weighted by Gasteiger charge is 2.15. The zero-order chi connectivity index (χ0) is 27.5. The van der Waals surface area contributed by atoms with E-state index in [1.807, 2.05) is 48.5 Å². The SMILES string of the molecule is [C-]#[N+]c1ccc2c3cc(-c4ccc(-c5ccc6cc(C#N)ccc6c5)cc4)ccc3c3nc4ccccc4n3c2c1. The van der Waals surface area contributed by atoms with Gasteiger partial charge in [0.05, 0.1) is 29.2 Å². The second-order valence-corrected chi connectivity index (χ2v) is 10.3. The van der Waals surface area contributed by atoms with Gasteiger partial charge >= 0.3 is 0 Å². The van der Waals surface area contributed by atoms with Crippen LogP contribution in [0.1, 0.15) is 5.56 Å². The van der Waals surface area contributed by atoms with Gasteiger partial charge in [-0.25, -0.2) is 9.83 Å². The van der Waals surface area contributed by atoms with Crippen LogP contribution in [0.3, 0.4) is 0 Å². The summed E-state index contributed by atoms with van der Waals surface area (Å²) in [5.74, 6) is 0. The average molecular weight is 521 g/mol. The lowest BCUT2D eigenvalue weighted by atomic mass is 9.96. The molecule has 41 heavy (non-hydrogen) atoms. The summed E-state index contributed by atoms with van der Waals surface area (Å²) in [6.45, 7) is 7.59. The Hall–Kier alpha value is -5.97. The summed E-state index contributed by atoms with van der Waals surface area (Å²) in [5, 5.41) is 14.7. The molecule has 0 spiro atoms. The lowest BCUT2D eigenvalue weighted by Gasteiger charge is -2.12. The molecule has 0 unspecified atom stereocenters. The minimum Gasteiger partial charge on any atom is -0.293 e. The van der Waals surface area contributed by atoms with Gasteiger partial charge in [0.1, 0.15) is 5.65 Å². The minimum atomic E-state index is 0.613. The van der Waals surface area contributed by atoms with E-state index in [1.54, 1.807) is 0 Å². The van der Waals surface area contributed by atoms with E-state index in [-0.39, 0.29) is 0 Å². The Bertz CT molecular complexity index is 2430. The lowest BCUT2D eigenvalue weighted by Crippen LogP contribution is -1.92. The molecule has 0 saturated heterocycles. The van der Waals surface area contributed by atoms with Crippen LogP contribution in [-0.2, 0) is 0 Å². The first-order valence-electron chi connectivity index (χ1n) is 13.4. The van der Waals surface area contributed by atoms with Gasteiger partial charge in [0.2, 0.25) is 0 Å². The van der Waals surface area contributed by atoms with Crippen LogP contribution in [0.2, 0.25) is 0 Å². The topological polar surface area (TPSA) is 45.5 Å². The molecule has 0 saturated carbocycles. The van der Waals surface area contributed by atoms with Crippen molar-refractivity contribution in [2.24, 2.45) is 0 Å². The number of nitriles is 1. The van der Waals surface area contributed by atoms with E-state index in [4.69, 9.17) is 11.6 Å². The summed E-state index contributed by atoms with van der Waals surface area (Å²) in [7, 11) is 0. The van der Waals surface area contributed by atoms with Gasteiger partial charge in [-0.05, 0) is 86.9 Å². The third kappa shape index (κ3) is 3.56. The number of benzene rings is 6. The van der Waals surface area contributed by atoms with Crippen molar-refractivity contribution in [1.82, 2.24) is 9.38 Å². The molecule has 0 amide bonds. The predicted molar refractivity (Wildman–Crippen MR) is 167 cm³/mol. The number of rotatable bonds is 2. The number of hydrogen-bond acceptors (Lipinski definition) is 2. The van der Waals surface area contributed by atoms with Crippen LogP contribution in [0.25, 0.3) is 76.2 Å². The number of fused-ring (bicyclic) bond motifs is 9. The zero-order valence-electron chi connectivity index (χ0n) is 21.8. The molecule has 0 atom stereocenters. The number of hydrogen-bond donors (Lipinski definition) is 0. The monoisotopic (exact) mass is 520 g/mol. The molecule has 2 aromatic heterocycles. The maximum atomic E-state index is 9.19. The highest BCUT2D eigenvalue weighted by atomic mass is 15.0. The Labute approximate surface area is 235 Å². The molecule has 0 aliphatic carbocycles. The van der Waals surface area contributed by atoms with E-state index in [0.29, 0.717) is 11.3 Å². The quantitative estimate of drug-likeness (QED) is 0.168. The lowest BCUT2D eigenvalue weighted by molar-refractivity contribution is 1.32. The Morgan fingerprint density at radius 1 is 0.610 bits per heavy atom. The van der Waals surface area contributed by atoms with Crippen molar-refractivity contribution in [2.75, 3.05) is 0 Å². The summed E-state index contributed by atoms with van der Waals surface area (Å²) < 4.78 is 2.18. The summed E-state index contributed by atoms with van der Waals surface area (Å²) in [6, 6.07) is 43.7. The highest BCUT2D eigenvalue weighted by molar-refractivity contribution is 6.15. The first-order chi connectivity index (χ1) is 20.2. The molecule has 6 aromatic carbocycles. The zero-order valence-corrected chi connectivity index (χ0v) is 21.8. The van der Waals surface area contributed by atoms with Crippen molar-refractivity contribution in [2.45, 2.75) is 0 Å².